The molecule has 0 aliphatic heterocycles. The molecule has 0 aromatic heterocycles. The van der Waals surface area contributed by atoms with Crippen LogP contribution in [0.2, 0.25) is 0 Å². The van der Waals surface area contributed by atoms with Crippen molar-refractivity contribution in [1.29, 1.82) is 0 Å². The van der Waals surface area contributed by atoms with Crippen LogP contribution in [0.25, 0.3) is 0 Å². The molecule has 462 valence electrons. The second-order valence-electron chi connectivity index (χ2n) is 22.3. The molecule has 6 heteroatoms. The lowest BCUT2D eigenvalue weighted by Gasteiger charge is -2.18. The molecule has 0 saturated carbocycles. The molecule has 0 heterocycles. The first-order chi connectivity index (χ1) is 40.0. The number of ether oxygens (including phenoxy) is 3. The maximum atomic E-state index is 12.9. The number of unbranched alkanes of at least 4 members (excludes halogenated alkanes) is 30. The largest absolute Gasteiger partial charge is 0.462 e. The summed E-state index contributed by atoms with van der Waals surface area (Å²) in [6.07, 6.45) is 95.1. The number of hydrogen-bond donors (Lipinski definition) is 0. The molecule has 0 saturated heterocycles. The maximum Gasteiger partial charge on any atom is 0.306 e. The Kier molecular flexibility index (Phi) is 64.8. The predicted molar refractivity (Wildman–Crippen MR) is 353 cm³/mol. The van der Waals surface area contributed by atoms with Gasteiger partial charge in [0.1, 0.15) is 13.2 Å². The van der Waals surface area contributed by atoms with Gasteiger partial charge in [0, 0.05) is 19.3 Å². The van der Waals surface area contributed by atoms with Crippen LogP contribution in [0.4, 0.5) is 0 Å². The number of hydrogen-bond acceptors (Lipinski definition) is 6. The quantitative estimate of drug-likeness (QED) is 0.0261. The highest BCUT2D eigenvalue weighted by Crippen LogP contribution is 2.17. The first-order valence-corrected chi connectivity index (χ1v) is 34.0. The summed E-state index contributed by atoms with van der Waals surface area (Å²) in [5, 5.41) is 0. The topological polar surface area (TPSA) is 78.9 Å². The van der Waals surface area contributed by atoms with Crippen molar-refractivity contribution in [2.75, 3.05) is 13.2 Å². The molecule has 6 nitrogen and oxygen atoms in total. The molecule has 0 N–H and O–H groups in total. The van der Waals surface area contributed by atoms with Gasteiger partial charge in [0.2, 0.25) is 0 Å². The number of allylic oxidation sites excluding steroid dienone is 20. The van der Waals surface area contributed by atoms with Gasteiger partial charge in [0.25, 0.3) is 0 Å². The average Bonchev–Trinajstić information content (AvgIpc) is 3.47. The minimum Gasteiger partial charge on any atom is -0.462 e. The Labute approximate surface area is 501 Å². The lowest BCUT2D eigenvalue weighted by Crippen LogP contribution is -2.30. The van der Waals surface area contributed by atoms with Crippen molar-refractivity contribution in [1.82, 2.24) is 0 Å². The Hall–Kier alpha value is -4.19. The van der Waals surface area contributed by atoms with E-state index in [1.54, 1.807) is 0 Å². The van der Waals surface area contributed by atoms with Gasteiger partial charge < -0.3 is 14.2 Å². The van der Waals surface area contributed by atoms with Gasteiger partial charge in [-0.25, -0.2) is 0 Å². The van der Waals surface area contributed by atoms with E-state index in [2.05, 4.69) is 142 Å². The zero-order valence-electron chi connectivity index (χ0n) is 53.0. The van der Waals surface area contributed by atoms with Gasteiger partial charge in [-0.15, -0.1) is 0 Å². The molecular weight excluding hydrogens is 997 g/mol. The van der Waals surface area contributed by atoms with Crippen LogP contribution in [0.3, 0.4) is 0 Å². The Morgan fingerprint density at radius 2 is 0.481 bits per heavy atom. The van der Waals surface area contributed by atoms with E-state index < -0.39 is 6.10 Å². The van der Waals surface area contributed by atoms with E-state index >= 15 is 0 Å². The summed E-state index contributed by atoms with van der Waals surface area (Å²) < 4.78 is 16.9. The number of esters is 3. The lowest BCUT2D eigenvalue weighted by atomic mass is 10.0. The van der Waals surface area contributed by atoms with E-state index in [0.29, 0.717) is 19.3 Å². The third-order valence-electron chi connectivity index (χ3n) is 14.5. The van der Waals surface area contributed by atoms with Gasteiger partial charge in [0.05, 0.1) is 0 Å². The lowest BCUT2D eigenvalue weighted by molar-refractivity contribution is -0.167. The Morgan fingerprint density at radius 3 is 0.753 bits per heavy atom. The molecule has 1 unspecified atom stereocenters. The van der Waals surface area contributed by atoms with Crippen LogP contribution in [0.1, 0.15) is 316 Å². The predicted octanol–water partition coefficient (Wildman–Crippen LogP) is 23.6. The molecule has 1 atom stereocenters. The molecule has 0 spiro atoms. The Bertz CT molecular complexity index is 1670. The van der Waals surface area contributed by atoms with Gasteiger partial charge in [-0.1, -0.05) is 309 Å². The summed E-state index contributed by atoms with van der Waals surface area (Å²) >= 11 is 0. The summed E-state index contributed by atoms with van der Waals surface area (Å²) in [7, 11) is 0. The van der Waals surface area contributed by atoms with Crippen molar-refractivity contribution in [3.05, 3.63) is 122 Å². The fraction of sp³-hybridized carbons (Fsp3) is 0.693. The van der Waals surface area contributed by atoms with E-state index in [4.69, 9.17) is 14.2 Å². The van der Waals surface area contributed by atoms with Crippen molar-refractivity contribution in [3.63, 3.8) is 0 Å². The van der Waals surface area contributed by atoms with Crippen molar-refractivity contribution in [2.24, 2.45) is 0 Å². The zero-order chi connectivity index (χ0) is 58.5. The molecule has 81 heavy (non-hydrogen) atoms. The average molecular weight is 1120 g/mol. The number of carbonyl (C=O) groups excluding carboxylic acids is 3. The minimum atomic E-state index is -0.783. The molecule has 0 radical (unpaired) electrons. The van der Waals surface area contributed by atoms with Gasteiger partial charge in [-0.3, -0.25) is 14.4 Å². The first-order valence-electron chi connectivity index (χ1n) is 34.0. The second kappa shape index (κ2) is 68.3. The summed E-state index contributed by atoms with van der Waals surface area (Å²) in [4.78, 5) is 38.3. The Balaban J connectivity index is 4.15. The first kappa shape index (κ1) is 76.8. The van der Waals surface area contributed by atoms with E-state index in [1.165, 1.54) is 148 Å². The molecule has 0 amide bonds. The van der Waals surface area contributed by atoms with Crippen LogP contribution in [-0.4, -0.2) is 37.2 Å². The van der Waals surface area contributed by atoms with Crippen LogP contribution in [-0.2, 0) is 28.6 Å². The van der Waals surface area contributed by atoms with Gasteiger partial charge in [-0.2, -0.15) is 0 Å². The van der Waals surface area contributed by atoms with E-state index in [-0.39, 0.29) is 31.1 Å². The molecule has 0 bridgehead atoms. The molecular formula is C75H126O6. The van der Waals surface area contributed by atoms with Crippen molar-refractivity contribution >= 4 is 17.9 Å². The summed E-state index contributed by atoms with van der Waals surface area (Å²) in [6.45, 7) is 6.41. The molecule has 0 rings (SSSR count). The zero-order valence-corrected chi connectivity index (χ0v) is 53.0. The highest BCUT2D eigenvalue weighted by atomic mass is 16.6. The third-order valence-corrected chi connectivity index (χ3v) is 14.5. The standard InChI is InChI=1S/C75H126O6/c1-4-7-10-13-16-19-21-23-25-27-29-31-32-33-34-35-36-37-38-39-40-41-42-44-45-47-49-51-53-56-59-62-65-68-74(77)80-71-72(70-79-73(76)67-64-61-58-55-18-15-12-9-6-3)81-75(78)69-66-63-60-57-54-52-50-48-46-43-30-28-26-24-22-20-17-14-11-8-5-2/h7-8,10-11,16-17,19-20,23-26,29-31,33-34,36-37,43,72H,4-6,9,12-15,18,21-22,27-28,32,35,38-42,44-71H2,1-3H3/b10-7-,11-8-,19-16-,20-17-,25-23-,26-24-,31-29-,34-33-,37-36-,43-30-. The van der Waals surface area contributed by atoms with Gasteiger partial charge >= 0.3 is 17.9 Å². The monoisotopic (exact) mass is 1120 g/mol. The maximum absolute atomic E-state index is 12.9. The van der Waals surface area contributed by atoms with Crippen LogP contribution in [0, 0.1) is 0 Å². The Morgan fingerprint density at radius 1 is 0.259 bits per heavy atom. The SMILES string of the molecule is CC/C=C\C/C=C\C/C=C\C/C=C\C/C=C\C/C=C\CCCCCCCCCCCCCCCCC(=O)OCC(COC(=O)CCCCCCCCCCC)OC(=O)CCCCCCCCCC/C=C\C/C=C\C/C=C\C/C=C\CC. The molecule has 0 aliphatic rings. The highest BCUT2D eigenvalue weighted by Gasteiger charge is 2.19. The summed E-state index contributed by atoms with van der Waals surface area (Å²) in [6, 6.07) is 0. The fourth-order valence-corrected chi connectivity index (χ4v) is 9.44. The van der Waals surface area contributed by atoms with Crippen LogP contribution in [0.15, 0.2) is 122 Å². The normalized spacial score (nSPS) is 12.9. The van der Waals surface area contributed by atoms with Crippen molar-refractivity contribution < 1.29 is 28.6 Å². The van der Waals surface area contributed by atoms with E-state index in [1.807, 2.05) is 0 Å². The van der Waals surface area contributed by atoms with E-state index in [0.717, 1.165) is 128 Å². The van der Waals surface area contributed by atoms with Gasteiger partial charge in [-0.05, 0) is 109 Å². The highest BCUT2D eigenvalue weighted by molar-refractivity contribution is 5.71. The van der Waals surface area contributed by atoms with Crippen molar-refractivity contribution in [3.8, 4) is 0 Å². The number of rotatable bonds is 61. The molecule has 0 aromatic carbocycles. The van der Waals surface area contributed by atoms with Crippen LogP contribution in [0.5, 0.6) is 0 Å². The summed E-state index contributed by atoms with van der Waals surface area (Å²) in [5.41, 5.74) is 0. The van der Waals surface area contributed by atoms with Crippen molar-refractivity contribution in [2.45, 2.75) is 322 Å². The fourth-order valence-electron chi connectivity index (χ4n) is 9.44. The van der Waals surface area contributed by atoms with E-state index in [9.17, 15) is 14.4 Å². The van der Waals surface area contributed by atoms with Crippen LogP contribution < -0.4 is 0 Å². The summed E-state index contributed by atoms with van der Waals surface area (Å²) in [5.74, 6) is -0.882. The minimum absolute atomic E-state index is 0.0795. The third kappa shape index (κ3) is 66.5. The molecule has 0 aliphatic carbocycles. The second-order valence-corrected chi connectivity index (χ2v) is 22.3. The number of carbonyl (C=O) groups is 3. The molecule has 0 fully saturated rings. The molecule has 0 aromatic rings. The van der Waals surface area contributed by atoms with Crippen LogP contribution >= 0.6 is 0 Å². The van der Waals surface area contributed by atoms with Gasteiger partial charge in [0.15, 0.2) is 6.10 Å². The smallest absolute Gasteiger partial charge is 0.306 e.